The second-order valence-electron chi connectivity index (χ2n) is 6.77. The van der Waals surface area contributed by atoms with Gasteiger partial charge in [-0.05, 0) is 56.7 Å². The number of benzene rings is 1. The van der Waals surface area contributed by atoms with Gasteiger partial charge in [-0.15, -0.1) is 0 Å². The van der Waals surface area contributed by atoms with Crippen LogP contribution in [0, 0.1) is 5.92 Å². The van der Waals surface area contributed by atoms with E-state index in [1.165, 1.54) is 30.5 Å². The molecule has 2 fully saturated rings. The van der Waals surface area contributed by atoms with Crippen LogP contribution in [0.5, 0.6) is 0 Å². The highest BCUT2D eigenvalue weighted by Gasteiger charge is 2.43. The van der Waals surface area contributed by atoms with E-state index in [0.29, 0.717) is 0 Å². The SMILES string of the molecule is COCCc1ccccc1N1CCCNC(C)(C2CC2)C1. The maximum Gasteiger partial charge on any atom is 0.0503 e. The molecule has 0 radical (unpaired) electrons. The lowest BCUT2D eigenvalue weighted by Gasteiger charge is -2.36. The van der Waals surface area contributed by atoms with Crippen molar-refractivity contribution in [3.63, 3.8) is 0 Å². The van der Waals surface area contributed by atoms with Crippen LogP contribution in [0.25, 0.3) is 0 Å². The van der Waals surface area contributed by atoms with Crippen LogP contribution in [0.2, 0.25) is 0 Å². The number of hydrogen-bond acceptors (Lipinski definition) is 3. The Kier molecular flexibility index (Phi) is 4.51. The van der Waals surface area contributed by atoms with Crippen LogP contribution in [0.15, 0.2) is 24.3 Å². The number of ether oxygens (including phenoxy) is 1. The molecule has 1 aliphatic heterocycles. The summed E-state index contributed by atoms with van der Waals surface area (Å²) in [6.45, 7) is 6.63. The molecular formula is C18H28N2O. The monoisotopic (exact) mass is 288 g/mol. The van der Waals surface area contributed by atoms with E-state index >= 15 is 0 Å². The maximum absolute atomic E-state index is 5.27. The summed E-state index contributed by atoms with van der Waals surface area (Å²) in [6, 6.07) is 8.84. The summed E-state index contributed by atoms with van der Waals surface area (Å²) in [5.74, 6) is 0.865. The first-order valence-corrected chi connectivity index (χ1v) is 8.30. The summed E-state index contributed by atoms with van der Waals surface area (Å²) >= 11 is 0. The fourth-order valence-corrected chi connectivity index (χ4v) is 3.62. The molecule has 1 heterocycles. The first-order valence-electron chi connectivity index (χ1n) is 8.30. The predicted octanol–water partition coefficient (Wildman–Crippen LogP) is 2.84. The third kappa shape index (κ3) is 3.41. The van der Waals surface area contributed by atoms with Gasteiger partial charge in [0.2, 0.25) is 0 Å². The molecule has 1 unspecified atom stereocenters. The summed E-state index contributed by atoms with van der Waals surface area (Å²) in [6.07, 6.45) is 5.00. The van der Waals surface area contributed by atoms with Crippen LogP contribution in [0.3, 0.4) is 0 Å². The highest BCUT2D eigenvalue weighted by molar-refractivity contribution is 5.54. The van der Waals surface area contributed by atoms with Gasteiger partial charge in [0.25, 0.3) is 0 Å². The Labute approximate surface area is 128 Å². The fourth-order valence-electron chi connectivity index (χ4n) is 3.62. The van der Waals surface area contributed by atoms with E-state index in [1.807, 2.05) is 0 Å². The van der Waals surface area contributed by atoms with Crippen molar-refractivity contribution in [1.29, 1.82) is 0 Å². The third-order valence-corrected chi connectivity index (χ3v) is 5.04. The van der Waals surface area contributed by atoms with Crippen LogP contribution >= 0.6 is 0 Å². The minimum atomic E-state index is 0.283. The van der Waals surface area contributed by atoms with E-state index in [2.05, 4.69) is 41.4 Å². The molecule has 0 bridgehead atoms. The molecule has 21 heavy (non-hydrogen) atoms. The molecule has 0 spiro atoms. The predicted molar refractivity (Wildman–Crippen MR) is 88.0 cm³/mol. The Balaban J connectivity index is 1.81. The summed E-state index contributed by atoms with van der Waals surface area (Å²) in [5.41, 5.74) is 3.11. The molecule has 2 aliphatic rings. The van der Waals surface area contributed by atoms with Crippen molar-refractivity contribution in [1.82, 2.24) is 5.32 Å². The summed E-state index contributed by atoms with van der Waals surface area (Å²) in [5, 5.41) is 3.82. The Hall–Kier alpha value is -1.06. The molecule has 1 saturated heterocycles. The van der Waals surface area contributed by atoms with Crippen LogP contribution < -0.4 is 10.2 Å². The van der Waals surface area contributed by atoms with Crippen molar-refractivity contribution in [2.45, 2.75) is 38.1 Å². The molecule has 1 aromatic rings. The van der Waals surface area contributed by atoms with Crippen molar-refractivity contribution in [3.05, 3.63) is 29.8 Å². The van der Waals surface area contributed by atoms with Gasteiger partial charge in [0, 0.05) is 31.4 Å². The Morgan fingerprint density at radius 3 is 2.90 bits per heavy atom. The molecular weight excluding hydrogens is 260 g/mol. The molecule has 1 aliphatic carbocycles. The molecule has 0 aromatic heterocycles. The summed E-state index contributed by atoms with van der Waals surface area (Å²) in [7, 11) is 1.78. The average Bonchev–Trinajstić information content (AvgIpc) is 3.33. The number of nitrogens with zero attached hydrogens (tertiary/aromatic N) is 1. The van der Waals surface area contributed by atoms with E-state index in [4.69, 9.17) is 4.74 Å². The molecule has 3 heteroatoms. The molecule has 1 saturated carbocycles. The van der Waals surface area contributed by atoms with Crippen LogP contribution in [-0.4, -0.2) is 38.9 Å². The minimum Gasteiger partial charge on any atom is -0.384 e. The highest BCUT2D eigenvalue weighted by atomic mass is 16.5. The fraction of sp³-hybridized carbons (Fsp3) is 0.667. The van der Waals surface area contributed by atoms with E-state index in [1.54, 1.807) is 7.11 Å². The average molecular weight is 288 g/mol. The summed E-state index contributed by atoms with van der Waals surface area (Å²) in [4.78, 5) is 2.60. The van der Waals surface area contributed by atoms with Crippen molar-refractivity contribution in [2.24, 2.45) is 5.92 Å². The van der Waals surface area contributed by atoms with Gasteiger partial charge in [-0.3, -0.25) is 0 Å². The number of hydrogen-bond donors (Lipinski definition) is 1. The van der Waals surface area contributed by atoms with Crippen molar-refractivity contribution >= 4 is 5.69 Å². The largest absolute Gasteiger partial charge is 0.384 e. The molecule has 3 nitrogen and oxygen atoms in total. The van der Waals surface area contributed by atoms with Gasteiger partial charge in [0.05, 0.1) is 6.61 Å². The molecule has 3 rings (SSSR count). The zero-order valence-corrected chi connectivity index (χ0v) is 13.4. The molecule has 0 amide bonds. The first kappa shape index (κ1) is 14.9. The topological polar surface area (TPSA) is 24.5 Å². The highest BCUT2D eigenvalue weighted by Crippen LogP contribution is 2.41. The van der Waals surface area contributed by atoms with Gasteiger partial charge in [0.1, 0.15) is 0 Å². The van der Waals surface area contributed by atoms with Crippen molar-refractivity contribution in [2.75, 3.05) is 38.3 Å². The Bertz CT molecular complexity index is 472. The van der Waals surface area contributed by atoms with E-state index in [-0.39, 0.29) is 5.54 Å². The van der Waals surface area contributed by atoms with Gasteiger partial charge in [-0.25, -0.2) is 0 Å². The van der Waals surface area contributed by atoms with E-state index < -0.39 is 0 Å². The molecule has 1 atom stereocenters. The standard InChI is InChI=1S/C18H28N2O/c1-18(16-8-9-16)14-20(12-5-11-19-18)17-7-4-3-6-15(17)10-13-21-2/h3-4,6-7,16,19H,5,8-14H2,1-2H3. The molecule has 1 N–H and O–H groups in total. The van der Waals surface area contributed by atoms with Gasteiger partial charge in [-0.2, -0.15) is 0 Å². The number of nitrogens with one attached hydrogen (secondary N) is 1. The molecule has 116 valence electrons. The Morgan fingerprint density at radius 1 is 1.33 bits per heavy atom. The van der Waals surface area contributed by atoms with E-state index in [0.717, 1.165) is 38.6 Å². The second kappa shape index (κ2) is 6.37. The van der Waals surface area contributed by atoms with Gasteiger partial charge in [0.15, 0.2) is 0 Å². The first-order chi connectivity index (χ1) is 10.2. The lowest BCUT2D eigenvalue weighted by molar-refractivity contribution is 0.202. The van der Waals surface area contributed by atoms with Crippen LogP contribution in [0.1, 0.15) is 31.7 Å². The zero-order chi connectivity index (χ0) is 14.7. The van der Waals surface area contributed by atoms with Gasteiger partial charge in [-0.1, -0.05) is 18.2 Å². The van der Waals surface area contributed by atoms with Crippen molar-refractivity contribution in [3.8, 4) is 0 Å². The number of rotatable bonds is 5. The normalized spacial score (nSPS) is 26.7. The van der Waals surface area contributed by atoms with Crippen LogP contribution in [-0.2, 0) is 11.2 Å². The molecule has 1 aromatic carbocycles. The van der Waals surface area contributed by atoms with Crippen LogP contribution in [0.4, 0.5) is 5.69 Å². The van der Waals surface area contributed by atoms with Crippen molar-refractivity contribution < 1.29 is 4.74 Å². The number of para-hydroxylation sites is 1. The third-order valence-electron chi connectivity index (χ3n) is 5.04. The summed E-state index contributed by atoms with van der Waals surface area (Å²) < 4.78 is 5.27. The second-order valence-corrected chi connectivity index (χ2v) is 6.77. The lowest BCUT2D eigenvalue weighted by atomic mass is 9.94. The smallest absolute Gasteiger partial charge is 0.0503 e. The zero-order valence-electron chi connectivity index (χ0n) is 13.4. The lowest BCUT2D eigenvalue weighted by Crippen LogP contribution is -2.51. The van der Waals surface area contributed by atoms with Gasteiger partial charge < -0.3 is 15.0 Å². The Morgan fingerprint density at radius 2 is 2.14 bits per heavy atom. The maximum atomic E-state index is 5.27. The quantitative estimate of drug-likeness (QED) is 0.901. The van der Waals surface area contributed by atoms with Gasteiger partial charge >= 0.3 is 0 Å². The number of anilines is 1. The van der Waals surface area contributed by atoms with E-state index in [9.17, 15) is 0 Å². The minimum absolute atomic E-state index is 0.283. The number of methoxy groups -OCH3 is 1.